The minimum atomic E-state index is 0. The summed E-state index contributed by atoms with van der Waals surface area (Å²) in [6.07, 6.45) is 2.22. The minimum Gasteiger partial charge on any atom is -0.355 e. The first-order valence-electron chi connectivity index (χ1n) is 5.90. The zero-order valence-electron chi connectivity index (χ0n) is 10.3. The normalized spacial score (nSPS) is 20.5. The van der Waals surface area contributed by atoms with E-state index in [1.807, 2.05) is 7.05 Å². The fraction of sp³-hybridized carbons (Fsp3) is 0.909. The molecule has 0 radical (unpaired) electrons. The van der Waals surface area contributed by atoms with Gasteiger partial charge in [0.25, 0.3) is 0 Å². The number of rotatable bonds is 6. The number of hydrogen-bond acceptors (Lipinski definition) is 3. The van der Waals surface area contributed by atoms with E-state index < -0.39 is 0 Å². The van der Waals surface area contributed by atoms with Crippen LogP contribution in [-0.2, 0) is 4.79 Å². The Morgan fingerprint density at radius 1 is 1.50 bits per heavy atom. The van der Waals surface area contributed by atoms with Crippen molar-refractivity contribution in [3.63, 3.8) is 0 Å². The molecule has 0 aromatic carbocycles. The zero-order valence-corrected chi connectivity index (χ0v) is 11.1. The van der Waals surface area contributed by atoms with Crippen molar-refractivity contribution >= 4 is 18.3 Å². The highest BCUT2D eigenvalue weighted by Crippen LogP contribution is 2.14. The van der Waals surface area contributed by atoms with E-state index in [-0.39, 0.29) is 18.3 Å². The molecule has 2 N–H and O–H groups in total. The van der Waals surface area contributed by atoms with E-state index in [1.54, 1.807) is 0 Å². The molecule has 0 bridgehead atoms. The predicted octanol–water partition coefficient (Wildman–Crippen LogP) is 0.476. The Morgan fingerprint density at radius 3 is 2.88 bits per heavy atom. The molecule has 1 saturated heterocycles. The van der Waals surface area contributed by atoms with Gasteiger partial charge in [-0.2, -0.15) is 0 Å². The number of amides is 1. The maximum absolute atomic E-state index is 11.5. The Kier molecular flexibility index (Phi) is 8.61. The highest BCUT2D eigenvalue weighted by atomic mass is 35.5. The number of halogens is 1. The van der Waals surface area contributed by atoms with Crippen LogP contribution in [0.3, 0.4) is 0 Å². The van der Waals surface area contributed by atoms with Crippen LogP contribution in [0.5, 0.6) is 0 Å². The molecule has 5 heteroatoms. The molecule has 1 atom stereocenters. The number of nitrogens with one attached hydrogen (secondary N) is 2. The molecule has 4 nitrogen and oxygen atoms in total. The molecule has 0 spiro atoms. The molecule has 1 aliphatic heterocycles. The third kappa shape index (κ3) is 5.68. The van der Waals surface area contributed by atoms with Gasteiger partial charge in [0, 0.05) is 13.1 Å². The lowest BCUT2D eigenvalue weighted by atomic mass is 10.1. The number of hydrogen-bond donors (Lipinski definition) is 2. The van der Waals surface area contributed by atoms with Gasteiger partial charge in [-0.05, 0) is 38.9 Å². The second-order valence-corrected chi connectivity index (χ2v) is 4.30. The average molecular weight is 250 g/mol. The molecule has 1 fully saturated rings. The van der Waals surface area contributed by atoms with Crippen LogP contribution >= 0.6 is 12.4 Å². The van der Waals surface area contributed by atoms with Gasteiger partial charge >= 0.3 is 0 Å². The first kappa shape index (κ1) is 15.7. The van der Waals surface area contributed by atoms with Crippen LogP contribution in [0.15, 0.2) is 0 Å². The Bertz CT molecular complexity index is 202. The summed E-state index contributed by atoms with van der Waals surface area (Å²) in [6.45, 7) is 6.62. The molecule has 1 amide bonds. The van der Waals surface area contributed by atoms with Gasteiger partial charge in [0.05, 0.1) is 6.54 Å². The summed E-state index contributed by atoms with van der Waals surface area (Å²) >= 11 is 0. The van der Waals surface area contributed by atoms with Crippen LogP contribution in [0.25, 0.3) is 0 Å². The Labute approximate surface area is 105 Å². The van der Waals surface area contributed by atoms with E-state index in [9.17, 15) is 4.79 Å². The van der Waals surface area contributed by atoms with Crippen LogP contribution in [0, 0.1) is 5.92 Å². The summed E-state index contributed by atoms with van der Waals surface area (Å²) in [5.41, 5.74) is 0. The molecule has 1 rings (SSSR count). The SMILES string of the molecule is CCCNC(=O)CN1CCC(CNC)C1.Cl. The van der Waals surface area contributed by atoms with E-state index in [0.717, 1.165) is 32.6 Å². The van der Waals surface area contributed by atoms with Crippen LogP contribution in [0.1, 0.15) is 19.8 Å². The number of carbonyl (C=O) groups excluding carboxylic acids is 1. The van der Waals surface area contributed by atoms with Crippen molar-refractivity contribution in [2.75, 3.05) is 39.8 Å². The van der Waals surface area contributed by atoms with Crippen molar-refractivity contribution in [1.82, 2.24) is 15.5 Å². The molecule has 16 heavy (non-hydrogen) atoms. The maximum atomic E-state index is 11.5. The topological polar surface area (TPSA) is 44.4 Å². The Hall–Kier alpha value is -0.320. The Morgan fingerprint density at radius 2 is 2.25 bits per heavy atom. The molecule has 96 valence electrons. The van der Waals surface area contributed by atoms with E-state index in [1.165, 1.54) is 6.42 Å². The Balaban J connectivity index is 0.00000225. The van der Waals surface area contributed by atoms with Crippen LogP contribution in [-0.4, -0.2) is 50.6 Å². The fourth-order valence-corrected chi connectivity index (χ4v) is 2.04. The molecule has 1 unspecified atom stereocenters. The van der Waals surface area contributed by atoms with Crippen molar-refractivity contribution in [2.45, 2.75) is 19.8 Å². The summed E-state index contributed by atoms with van der Waals surface area (Å²) < 4.78 is 0. The highest BCUT2D eigenvalue weighted by Gasteiger charge is 2.22. The maximum Gasteiger partial charge on any atom is 0.234 e. The number of likely N-dealkylation sites (tertiary alicyclic amines) is 1. The summed E-state index contributed by atoms with van der Waals surface area (Å²) in [4.78, 5) is 13.7. The summed E-state index contributed by atoms with van der Waals surface area (Å²) in [5.74, 6) is 0.885. The fourth-order valence-electron chi connectivity index (χ4n) is 2.04. The minimum absolute atomic E-state index is 0. The summed E-state index contributed by atoms with van der Waals surface area (Å²) in [6, 6.07) is 0. The molecular weight excluding hydrogens is 226 g/mol. The third-order valence-electron chi connectivity index (χ3n) is 2.80. The standard InChI is InChI=1S/C11H23N3O.ClH/c1-3-5-13-11(15)9-14-6-4-10(8-14)7-12-2;/h10,12H,3-9H2,1-2H3,(H,13,15);1H. The lowest BCUT2D eigenvalue weighted by Gasteiger charge is -2.15. The molecule has 0 aromatic rings. The van der Waals surface area contributed by atoms with Crippen LogP contribution in [0.2, 0.25) is 0 Å². The largest absolute Gasteiger partial charge is 0.355 e. The van der Waals surface area contributed by atoms with E-state index >= 15 is 0 Å². The highest BCUT2D eigenvalue weighted by molar-refractivity contribution is 5.85. The smallest absolute Gasteiger partial charge is 0.234 e. The van der Waals surface area contributed by atoms with Gasteiger partial charge in [0.1, 0.15) is 0 Å². The molecule has 1 heterocycles. The second-order valence-electron chi connectivity index (χ2n) is 4.30. The van der Waals surface area contributed by atoms with Crippen molar-refractivity contribution in [3.05, 3.63) is 0 Å². The van der Waals surface area contributed by atoms with Gasteiger partial charge in [0.15, 0.2) is 0 Å². The molecule has 0 aliphatic carbocycles. The van der Waals surface area contributed by atoms with Gasteiger partial charge in [-0.25, -0.2) is 0 Å². The van der Waals surface area contributed by atoms with Gasteiger partial charge < -0.3 is 10.6 Å². The van der Waals surface area contributed by atoms with Gasteiger partial charge in [-0.3, -0.25) is 9.69 Å². The van der Waals surface area contributed by atoms with E-state index in [2.05, 4.69) is 22.5 Å². The van der Waals surface area contributed by atoms with E-state index in [4.69, 9.17) is 0 Å². The number of nitrogens with zero attached hydrogens (tertiary/aromatic N) is 1. The first-order chi connectivity index (χ1) is 7.26. The molecule has 0 saturated carbocycles. The van der Waals surface area contributed by atoms with Crippen molar-refractivity contribution in [3.8, 4) is 0 Å². The van der Waals surface area contributed by atoms with Crippen LogP contribution in [0.4, 0.5) is 0 Å². The molecule has 1 aliphatic rings. The van der Waals surface area contributed by atoms with Crippen molar-refractivity contribution in [1.29, 1.82) is 0 Å². The van der Waals surface area contributed by atoms with Crippen molar-refractivity contribution in [2.24, 2.45) is 5.92 Å². The van der Waals surface area contributed by atoms with Gasteiger partial charge in [-0.15, -0.1) is 12.4 Å². The van der Waals surface area contributed by atoms with Crippen LogP contribution < -0.4 is 10.6 Å². The summed E-state index contributed by atoms with van der Waals surface area (Å²) in [5, 5.41) is 6.10. The first-order valence-corrected chi connectivity index (χ1v) is 5.90. The van der Waals surface area contributed by atoms with Gasteiger partial charge in [-0.1, -0.05) is 6.92 Å². The quantitative estimate of drug-likeness (QED) is 0.720. The van der Waals surface area contributed by atoms with Gasteiger partial charge in [0.2, 0.25) is 5.91 Å². The molecular formula is C11H24ClN3O. The van der Waals surface area contributed by atoms with E-state index in [0.29, 0.717) is 12.5 Å². The average Bonchev–Trinajstić information content (AvgIpc) is 2.63. The molecule has 0 aromatic heterocycles. The van der Waals surface area contributed by atoms with Crippen molar-refractivity contribution < 1.29 is 4.79 Å². The monoisotopic (exact) mass is 249 g/mol. The lowest BCUT2D eigenvalue weighted by Crippen LogP contribution is -2.36. The lowest BCUT2D eigenvalue weighted by molar-refractivity contribution is -0.122. The zero-order chi connectivity index (χ0) is 11.1. The third-order valence-corrected chi connectivity index (χ3v) is 2.80. The summed E-state index contributed by atoms with van der Waals surface area (Å²) in [7, 11) is 1.98. The second kappa shape index (κ2) is 8.79. The predicted molar refractivity (Wildman–Crippen MR) is 69.0 cm³/mol. The number of carbonyl (C=O) groups is 1.